The molecule has 2 aromatic rings. The summed E-state index contributed by atoms with van der Waals surface area (Å²) in [5.41, 5.74) is 2.18. The number of nitrogens with one attached hydrogen (secondary N) is 1. The van der Waals surface area contributed by atoms with Crippen molar-refractivity contribution < 1.29 is 14.3 Å². The van der Waals surface area contributed by atoms with E-state index in [1.807, 2.05) is 60.4 Å². The van der Waals surface area contributed by atoms with Gasteiger partial charge in [-0.25, -0.2) is 0 Å². The first-order chi connectivity index (χ1) is 12.7. The number of carbonyl (C=O) groups excluding carboxylic acids is 1. The van der Waals surface area contributed by atoms with Crippen LogP contribution in [0.25, 0.3) is 0 Å². The molecule has 27 heavy (non-hydrogen) atoms. The fraction of sp³-hybridized carbons (Fsp3) is 0.381. The number of nitrogens with zero attached hydrogens (tertiary/aromatic N) is 1. The maximum Gasteiger partial charge on any atom is 0.226 e. The Morgan fingerprint density at radius 2 is 2.04 bits per heavy atom. The second-order valence-corrected chi connectivity index (χ2v) is 6.46. The molecule has 0 radical (unpaired) electrons. The molecule has 5 nitrogen and oxygen atoms in total. The van der Waals surface area contributed by atoms with E-state index in [9.17, 15) is 4.79 Å². The molecular formula is C21H27ClN2O3. The van der Waals surface area contributed by atoms with Crippen molar-refractivity contribution in [3.63, 3.8) is 0 Å². The maximum atomic E-state index is 12.8. The molecule has 1 amide bonds. The lowest BCUT2D eigenvalue weighted by molar-refractivity contribution is -0.135. The Balaban J connectivity index is 0.00000261. The lowest BCUT2D eigenvalue weighted by Crippen LogP contribution is -2.49. The molecule has 0 aromatic heterocycles. The summed E-state index contributed by atoms with van der Waals surface area (Å²) in [6.07, 6.45) is 0.361. The molecule has 1 N–H and O–H groups in total. The Hall–Kier alpha value is -2.24. The third-order valence-corrected chi connectivity index (χ3v) is 4.64. The molecule has 1 heterocycles. The normalized spacial score (nSPS) is 16.4. The van der Waals surface area contributed by atoms with Gasteiger partial charge in [0.25, 0.3) is 0 Å². The second-order valence-electron chi connectivity index (χ2n) is 6.46. The summed E-state index contributed by atoms with van der Waals surface area (Å²) < 4.78 is 11.2. The van der Waals surface area contributed by atoms with Crippen LogP contribution in [-0.2, 0) is 4.79 Å². The third-order valence-electron chi connectivity index (χ3n) is 4.64. The zero-order valence-corrected chi connectivity index (χ0v) is 16.6. The van der Waals surface area contributed by atoms with Gasteiger partial charge in [0.2, 0.25) is 5.91 Å². The average molecular weight is 391 g/mol. The first-order valence-electron chi connectivity index (χ1n) is 9.01. The van der Waals surface area contributed by atoms with Gasteiger partial charge in [-0.2, -0.15) is 0 Å². The number of rotatable bonds is 6. The number of methoxy groups -OCH3 is 1. The lowest BCUT2D eigenvalue weighted by atomic mass is 10.0. The van der Waals surface area contributed by atoms with Crippen LogP contribution in [0.1, 0.15) is 23.6 Å². The van der Waals surface area contributed by atoms with Gasteiger partial charge in [-0.15, -0.1) is 12.4 Å². The molecule has 2 aromatic carbocycles. The van der Waals surface area contributed by atoms with Crippen LogP contribution in [0, 0.1) is 6.92 Å². The fourth-order valence-corrected chi connectivity index (χ4v) is 3.33. The number of piperazine rings is 1. The van der Waals surface area contributed by atoms with Crippen molar-refractivity contribution in [2.75, 3.05) is 33.4 Å². The molecule has 0 saturated carbocycles. The average Bonchev–Trinajstić information content (AvgIpc) is 2.68. The second kappa shape index (κ2) is 10.2. The summed E-state index contributed by atoms with van der Waals surface area (Å²) in [7, 11) is 1.66. The van der Waals surface area contributed by atoms with Gasteiger partial charge < -0.3 is 19.7 Å². The van der Waals surface area contributed by atoms with Gasteiger partial charge in [-0.1, -0.05) is 30.3 Å². The number of hydrogen-bond acceptors (Lipinski definition) is 4. The van der Waals surface area contributed by atoms with E-state index in [1.165, 1.54) is 0 Å². The van der Waals surface area contributed by atoms with Crippen LogP contribution in [0.15, 0.2) is 48.5 Å². The van der Waals surface area contributed by atoms with Gasteiger partial charge in [0.15, 0.2) is 0 Å². The van der Waals surface area contributed by atoms with Crippen LogP contribution in [0.2, 0.25) is 0 Å². The Morgan fingerprint density at radius 3 is 2.81 bits per heavy atom. The van der Waals surface area contributed by atoms with Gasteiger partial charge in [0.1, 0.15) is 11.5 Å². The van der Waals surface area contributed by atoms with Crippen LogP contribution in [-0.4, -0.2) is 44.2 Å². The molecule has 1 saturated heterocycles. The predicted octanol–water partition coefficient (Wildman–Crippen LogP) is 3.37. The molecule has 1 aliphatic rings. The van der Waals surface area contributed by atoms with Crippen molar-refractivity contribution in [2.24, 2.45) is 0 Å². The first kappa shape index (κ1) is 21.1. The van der Waals surface area contributed by atoms with E-state index in [4.69, 9.17) is 9.47 Å². The van der Waals surface area contributed by atoms with Crippen LogP contribution in [0.4, 0.5) is 0 Å². The molecule has 0 spiro atoms. The van der Waals surface area contributed by atoms with Crippen molar-refractivity contribution in [3.05, 3.63) is 59.7 Å². The summed E-state index contributed by atoms with van der Waals surface area (Å²) in [6, 6.07) is 15.7. The van der Waals surface area contributed by atoms with Crippen LogP contribution >= 0.6 is 12.4 Å². The minimum absolute atomic E-state index is 0. The molecule has 3 rings (SSSR count). The first-order valence-corrected chi connectivity index (χ1v) is 9.01. The van der Waals surface area contributed by atoms with E-state index in [2.05, 4.69) is 5.32 Å². The number of amides is 1. The third kappa shape index (κ3) is 5.37. The highest BCUT2D eigenvalue weighted by molar-refractivity contribution is 5.85. The number of ether oxygens (including phenoxy) is 2. The number of halogens is 1. The summed E-state index contributed by atoms with van der Waals surface area (Å²) >= 11 is 0. The van der Waals surface area contributed by atoms with Crippen molar-refractivity contribution in [1.29, 1.82) is 0 Å². The van der Waals surface area contributed by atoms with Crippen LogP contribution in [0.3, 0.4) is 0 Å². The molecule has 1 atom stereocenters. The zero-order valence-electron chi connectivity index (χ0n) is 15.8. The highest BCUT2D eigenvalue weighted by atomic mass is 35.5. The Bertz CT molecular complexity index is 754. The molecule has 1 unspecified atom stereocenters. The van der Waals surface area contributed by atoms with Crippen molar-refractivity contribution in [1.82, 2.24) is 10.2 Å². The van der Waals surface area contributed by atoms with Crippen LogP contribution in [0.5, 0.6) is 11.5 Å². The minimum atomic E-state index is -0.0219. The summed E-state index contributed by atoms with van der Waals surface area (Å²) in [6.45, 7) is 4.62. The minimum Gasteiger partial charge on any atom is -0.496 e. The molecular weight excluding hydrogens is 364 g/mol. The summed E-state index contributed by atoms with van der Waals surface area (Å²) in [5.74, 6) is 1.73. The Labute approximate surface area is 167 Å². The van der Waals surface area contributed by atoms with Gasteiger partial charge in [-0.05, 0) is 30.7 Å². The van der Waals surface area contributed by atoms with E-state index in [-0.39, 0.29) is 24.4 Å². The lowest BCUT2D eigenvalue weighted by Gasteiger charge is -2.37. The highest BCUT2D eigenvalue weighted by Crippen LogP contribution is 2.30. The molecule has 146 valence electrons. The topological polar surface area (TPSA) is 50.8 Å². The van der Waals surface area contributed by atoms with E-state index in [1.54, 1.807) is 7.11 Å². The molecule has 1 aliphatic heterocycles. The number of benzene rings is 2. The largest absolute Gasteiger partial charge is 0.496 e. The Morgan fingerprint density at radius 1 is 1.22 bits per heavy atom. The fourth-order valence-electron chi connectivity index (χ4n) is 3.33. The molecule has 6 heteroatoms. The molecule has 1 fully saturated rings. The van der Waals surface area contributed by atoms with Crippen molar-refractivity contribution in [3.8, 4) is 11.5 Å². The molecule has 0 aliphatic carbocycles. The van der Waals surface area contributed by atoms with Crippen LogP contribution < -0.4 is 14.8 Å². The van der Waals surface area contributed by atoms with E-state index in [0.29, 0.717) is 19.6 Å². The number of hydrogen-bond donors (Lipinski definition) is 1. The maximum absolute atomic E-state index is 12.8. The SMILES string of the molecule is COc1ccccc1C1CNCCN1C(=O)CCOc1cccc(C)c1.Cl. The Kier molecular flexibility index (Phi) is 7.95. The molecule has 0 bridgehead atoms. The van der Waals surface area contributed by atoms with Crippen molar-refractivity contribution >= 4 is 18.3 Å². The van der Waals surface area contributed by atoms with Crippen molar-refractivity contribution in [2.45, 2.75) is 19.4 Å². The van der Waals surface area contributed by atoms with Gasteiger partial charge in [0.05, 0.1) is 26.2 Å². The summed E-state index contributed by atoms with van der Waals surface area (Å²) in [5, 5.41) is 3.38. The van der Waals surface area contributed by atoms with Gasteiger partial charge >= 0.3 is 0 Å². The quantitative estimate of drug-likeness (QED) is 0.821. The smallest absolute Gasteiger partial charge is 0.226 e. The number of para-hydroxylation sites is 1. The zero-order chi connectivity index (χ0) is 18.4. The number of carbonyl (C=O) groups is 1. The highest BCUT2D eigenvalue weighted by Gasteiger charge is 2.29. The van der Waals surface area contributed by atoms with E-state index < -0.39 is 0 Å². The summed E-state index contributed by atoms with van der Waals surface area (Å²) in [4.78, 5) is 14.8. The monoisotopic (exact) mass is 390 g/mol. The van der Waals surface area contributed by atoms with Gasteiger partial charge in [0, 0.05) is 25.2 Å². The van der Waals surface area contributed by atoms with Gasteiger partial charge in [-0.3, -0.25) is 4.79 Å². The predicted molar refractivity (Wildman–Crippen MR) is 109 cm³/mol. The number of aryl methyl sites for hydroxylation is 1. The van der Waals surface area contributed by atoms with E-state index in [0.717, 1.165) is 35.7 Å². The van der Waals surface area contributed by atoms with E-state index >= 15 is 0 Å². The standard InChI is InChI=1S/C21H26N2O3.ClH/c1-16-6-5-7-17(14-16)26-13-10-21(24)23-12-11-22-15-19(23)18-8-3-4-9-20(18)25-2;/h3-9,14,19,22H,10-13,15H2,1-2H3;1H.